The van der Waals surface area contributed by atoms with Crippen molar-refractivity contribution in [2.45, 2.75) is 25.7 Å². The van der Waals surface area contributed by atoms with Crippen LogP contribution < -0.4 is 16.8 Å². The van der Waals surface area contributed by atoms with Gasteiger partial charge in [-0.05, 0) is 42.3 Å². The van der Waals surface area contributed by atoms with E-state index in [0.29, 0.717) is 28.8 Å². The molecule has 0 bridgehead atoms. The third kappa shape index (κ3) is 2.97. The van der Waals surface area contributed by atoms with Crippen LogP contribution in [0.3, 0.4) is 0 Å². The van der Waals surface area contributed by atoms with Gasteiger partial charge in [0.05, 0.1) is 18.3 Å². The average Bonchev–Trinajstić information content (AvgIpc) is 3.17. The van der Waals surface area contributed by atoms with Crippen LogP contribution in [-0.4, -0.2) is 21.7 Å². The fraction of sp³-hybridized carbons (Fsp3) is 0.211. The van der Waals surface area contributed by atoms with Gasteiger partial charge in [-0.2, -0.15) is 13.2 Å². The number of hydrogen-bond donors (Lipinski definition) is 3. The number of nitrogens with two attached hydrogens (primary N) is 2. The van der Waals surface area contributed by atoms with Crippen LogP contribution >= 0.6 is 0 Å². The normalized spacial score (nSPS) is 13.8. The molecule has 1 aromatic carbocycles. The highest BCUT2D eigenvalue weighted by atomic mass is 19.4. The smallest absolute Gasteiger partial charge is 0.325 e. The first-order chi connectivity index (χ1) is 13.6. The van der Waals surface area contributed by atoms with Crippen LogP contribution in [0, 0.1) is 6.92 Å². The van der Waals surface area contributed by atoms with Crippen molar-refractivity contribution >= 4 is 28.9 Å². The average molecular weight is 403 g/mol. The molecule has 4 rings (SSSR count). The van der Waals surface area contributed by atoms with Crippen molar-refractivity contribution in [1.82, 2.24) is 9.55 Å². The number of nitrogens with zero attached hydrogens (tertiary/aromatic N) is 2. The van der Waals surface area contributed by atoms with Crippen molar-refractivity contribution in [3.8, 4) is 5.69 Å². The van der Waals surface area contributed by atoms with Crippen molar-refractivity contribution in [2.24, 2.45) is 11.5 Å². The lowest BCUT2D eigenvalue weighted by Gasteiger charge is -2.13. The van der Waals surface area contributed by atoms with E-state index in [1.807, 2.05) is 0 Å². The Bertz CT molecular complexity index is 1180. The van der Waals surface area contributed by atoms with Gasteiger partial charge in [-0.1, -0.05) is 0 Å². The number of pyridine rings is 1. The summed E-state index contributed by atoms with van der Waals surface area (Å²) in [5.74, 6) is -0.185. The minimum Gasteiger partial charge on any atom is -0.325 e. The zero-order valence-corrected chi connectivity index (χ0v) is 15.2. The Morgan fingerprint density at radius 1 is 1.28 bits per heavy atom. The highest BCUT2D eigenvalue weighted by Crippen LogP contribution is 2.36. The van der Waals surface area contributed by atoms with E-state index in [0.717, 1.165) is 6.07 Å². The first-order valence-electron chi connectivity index (χ1n) is 8.64. The Morgan fingerprint density at radius 2 is 2.00 bits per heavy atom. The lowest BCUT2D eigenvalue weighted by Crippen LogP contribution is -2.21. The summed E-state index contributed by atoms with van der Waals surface area (Å²) in [6, 6.07) is 5.33. The molecule has 10 heteroatoms. The van der Waals surface area contributed by atoms with Gasteiger partial charge in [-0.3, -0.25) is 14.2 Å². The Kier molecular flexibility index (Phi) is 4.21. The van der Waals surface area contributed by atoms with Crippen LogP contribution in [-0.2, 0) is 17.4 Å². The van der Waals surface area contributed by atoms with Gasteiger partial charge in [0.1, 0.15) is 11.3 Å². The second kappa shape index (κ2) is 6.39. The molecule has 0 fully saturated rings. The number of nitrogens with one attached hydrogen (secondary N) is 1. The maximum atomic E-state index is 13.2. The Hall–Kier alpha value is -3.24. The molecule has 0 spiro atoms. The number of alkyl halides is 3. The van der Waals surface area contributed by atoms with Gasteiger partial charge >= 0.3 is 6.18 Å². The van der Waals surface area contributed by atoms with Crippen molar-refractivity contribution in [3.63, 3.8) is 0 Å². The Balaban J connectivity index is 2.08. The molecule has 0 saturated carbocycles. The van der Waals surface area contributed by atoms with Crippen molar-refractivity contribution in [3.05, 3.63) is 52.3 Å². The van der Waals surface area contributed by atoms with Gasteiger partial charge in [-0.15, -0.1) is 0 Å². The van der Waals surface area contributed by atoms with Gasteiger partial charge in [0.2, 0.25) is 5.91 Å². The highest BCUT2D eigenvalue weighted by Gasteiger charge is 2.34. The van der Waals surface area contributed by atoms with Gasteiger partial charge in [0.25, 0.3) is 0 Å². The molecular weight excluding hydrogens is 387 g/mol. The van der Waals surface area contributed by atoms with Crippen LogP contribution in [0.2, 0.25) is 0 Å². The molecule has 2 aromatic heterocycles. The highest BCUT2D eigenvalue weighted by molar-refractivity contribution is 6.01. The minimum absolute atomic E-state index is 0.0125. The molecule has 0 aliphatic carbocycles. The molecule has 0 radical (unpaired) electrons. The van der Waals surface area contributed by atoms with E-state index in [2.05, 4.69) is 10.3 Å². The van der Waals surface area contributed by atoms with Crippen molar-refractivity contribution in [2.75, 3.05) is 5.32 Å². The molecule has 29 heavy (non-hydrogen) atoms. The lowest BCUT2D eigenvalue weighted by molar-refractivity contribution is -0.141. The summed E-state index contributed by atoms with van der Waals surface area (Å²) in [6.45, 7) is 1.75. The number of hydrogen-bond acceptors (Lipinski definition) is 5. The van der Waals surface area contributed by atoms with Crippen LogP contribution in [0.25, 0.3) is 16.7 Å². The zero-order chi connectivity index (χ0) is 21.1. The van der Waals surface area contributed by atoms with E-state index in [-0.39, 0.29) is 34.6 Å². The van der Waals surface area contributed by atoms with E-state index in [9.17, 15) is 22.8 Å². The summed E-state index contributed by atoms with van der Waals surface area (Å²) < 4.78 is 41.0. The van der Waals surface area contributed by atoms with E-state index >= 15 is 0 Å². The maximum absolute atomic E-state index is 13.2. The predicted molar refractivity (Wildman–Crippen MR) is 99.6 cm³/mol. The summed E-state index contributed by atoms with van der Waals surface area (Å²) in [6.07, 6.45) is -5.15. The second-order valence-electron chi connectivity index (χ2n) is 6.87. The monoisotopic (exact) mass is 403 g/mol. The molecule has 0 saturated heterocycles. The SMILES string of the molecule is Cc1cc(-n2c(C=O)c(C(N)N)c3ccc(C(F)(F)F)nc32)cc2c1NC(=O)C2. The second-order valence-corrected chi connectivity index (χ2v) is 6.87. The Labute approximate surface area is 162 Å². The number of aldehydes is 1. The number of carbonyl (C=O) groups excluding carboxylic acids is 2. The van der Waals surface area contributed by atoms with Gasteiger partial charge in [-0.25, -0.2) is 4.98 Å². The fourth-order valence-corrected chi connectivity index (χ4v) is 3.73. The summed E-state index contributed by atoms with van der Waals surface area (Å²) >= 11 is 0. The number of fused-ring (bicyclic) bond motifs is 2. The minimum atomic E-state index is -4.67. The quantitative estimate of drug-likeness (QED) is 0.459. The number of amides is 1. The largest absolute Gasteiger partial charge is 0.433 e. The molecule has 1 aliphatic rings. The topological polar surface area (TPSA) is 116 Å². The zero-order valence-electron chi connectivity index (χ0n) is 15.2. The molecule has 3 aromatic rings. The molecule has 0 atom stereocenters. The van der Waals surface area contributed by atoms with E-state index < -0.39 is 18.0 Å². The number of carbonyl (C=O) groups is 2. The predicted octanol–water partition coefficient (Wildman–Crippen LogP) is 2.58. The number of rotatable bonds is 3. The summed E-state index contributed by atoms with van der Waals surface area (Å²) in [5.41, 5.74) is 13.1. The number of benzene rings is 1. The maximum Gasteiger partial charge on any atom is 0.433 e. The third-order valence-corrected chi connectivity index (χ3v) is 4.90. The van der Waals surface area contributed by atoms with Crippen LogP contribution in [0.15, 0.2) is 24.3 Å². The summed E-state index contributed by atoms with van der Waals surface area (Å²) in [4.78, 5) is 27.4. The van der Waals surface area contributed by atoms with Gasteiger partial charge < -0.3 is 16.8 Å². The Morgan fingerprint density at radius 3 is 2.62 bits per heavy atom. The standard InChI is InChI=1S/C19H16F3N5O2/c1-8-4-10(5-9-6-14(29)26-16(8)9)27-12(7-28)15(17(23)24)11-2-3-13(19(20,21)22)25-18(11)27/h2-5,7,17H,6,23-24H2,1H3,(H,26,29). The molecule has 7 nitrogen and oxygen atoms in total. The van der Waals surface area contributed by atoms with Gasteiger partial charge in [0, 0.05) is 22.3 Å². The fourth-order valence-electron chi connectivity index (χ4n) is 3.73. The number of aromatic nitrogens is 2. The lowest BCUT2D eigenvalue weighted by atomic mass is 10.1. The van der Waals surface area contributed by atoms with Crippen LogP contribution in [0.5, 0.6) is 0 Å². The molecular formula is C19H16F3N5O2. The molecule has 0 unspecified atom stereocenters. The van der Waals surface area contributed by atoms with Crippen molar-refractivity contribution in [1.29, 1.82) is 0 Å². The van der Waals surface area contributed by atoms with Crippen molar-refractivity contribution < 1.29 is 22.8 Å². The molecule has 3 heterocycles. The molecule has 150 valence electrons. The number of anilines is 1. The molecule has 5 N–H and O–H groups in total. The van der Waals surface area contributed by atoms with E-state index in [1.165, 1.54) is 10.6 Å². The first-order valence-corrected chi connectivity index (χ1v) is 8.64. The van der Waals surface area contributed by atoms with Crippen LogP contribution in [0.4, 0.5) is 18.9 Å². The summed E-state index contributed by atoms with van der Waals surface area (Å²) in [5, 5.41) is 2.99. The number of aryl methyl sites for hydroxylation is 1. The molecule has 1 aliphatic heterocycles. The summed E-state index contributed by atoms with van der Waals surface area (Å²) in [7, 11) is 0. The third-order valence-electron chi connectivity index (χ3n) is 4.90. The van der Waals surface area contributed by atoms with Gasteiger partial charge in [0.15, 0.2) is 6.29 Å². The molecule has 1 amide bonds. The van der Waals surface area contributed by atoms with E-state index in [1.54, 1.807) is 19.1 Å². The van der Waals surface area contributed by atoms with E-state index in [4.69, 9.17) is 11.5 Å². The van der Waals surface area contributed by atoms with Crippen LogP contribution in [0.1, 0.15) is 39.0 Å². The number of halogens is 3. The first kappa shape index (κ1) is 19.1.